The third-order valence-corrected chi connectivity index (χ3v) is 2.82. The Morgan fingerprint density at radius 3 is 2.78 bits per heavy atom. The maximum Gasteiger partial charge on any atom is 0.319 e. The van der Waals surface area contributed by atoms with Gasteiger partial charge in [0.2, 0.25) is 0 Å². The molecular formula is C13H17ClFNO2. The minimum Gasteiger partial charge on any atom is -0.468 e. The van der Waals surface area contributed by atoms with E-state index in [1.54, 1.807) is 6.07 Å². The van der Waals surface area contributed by atoms with E-state index in [0.717, 1.165) is 18.5 Å². The van der Waals surface area contributed by atoms with E-state index in [4.69, 9.17) is 11.6 Å². The largest absolute Gasteiger partial charge is 0.468 e. The Labute approximate surface area is 111 Å². The quantitative estimate of drug-likeness (QED) is 0.747. The Bertz CT molecular complexity index is 412. The molecule has 0 heterocycles. The normalized spacial score (nSPS) is 10.7. The fourth-order valence-corrected chi connectivity index (χ4v) is 1.79. The number of esters is 1. The first-order valence-corrected chi connectivity index (χ1v) is 6.17. The zero-order chi connectivity index (χ0) is 13.5. The second kappa shape index (κ2) is 7.34. The van der Waals surface area contributed by atoms with Crippen molar-refractivity contribution in [2.45, 2.75) is 19.9 Å². The molecule has 0 unspecified atom stereocenters. The Balaban J connectivity index is 2.69. The Hall–Kier alpha value is -1.13. The molecule has 5 heteroatoms. The molecule has 0 saturated heterocycles. The van der Waals surface area contributed by atoms with Crippen LogP contribution in [0.4, 0.5) is 4.39 Å². The topological polar surface area (TPSA) is 29.5 Å². The average Bonchev–Trinajstić information content (AvgIpc) is 2.34. The number of carbonyl (C=O) groups is 1. The zero-order valence-electron chi connectivity index (χ0n) is 10.6. The van der Waals surface area contributed by atoms with Crippen LogP contribution >= 0.6 is 11.6 Å². The molecule has 100 valence electrons. The summed E-state index contributed by atoms with van der Waals surface area (Å²) >= 11 is 5.62. The Kier molecular flexibility index (Phi) is 6.09. The molecule has 0 aliphatic carbocycles. The standard InChI is InChI=1S/C13H17ClFNO2/c1-3-6-16(9-13(17)18-2)8-10-4-5-11(14)12(15)7-10/h4-5,7H,3,6,8-9H2,1-2H3. The molecule has 0 fully saturated rings. The van der Waals surface area contributed by atoms with Crippen LogP contribution in [0.15, 0.2) is 18.2 Å². The number of ether oxygens (including phenoxy) is 1. The highest BCUT2D eigenvalue weighted by Crippen LogP contribution is 2.16. The number of carbonyl (C=O) groups excluding carboxylic acids is 1. The fraction of sp³-hybridized carbons (Fsp3) is 0.462. The van der Waals surface area contributed by atoms with E-state index in [9.17, 15) is 9.18 Å². The van der Waals surface area contributed by atoms with Crippen molar-refractivity contribution < 1.29 is 13.9 Å². The SMILES string of the molecule is CCCN(CC(=O)OC)Cc1ccc(Cl)c(F)c1. The summed E-state index contributed by atoms with van der Waals surface area (Å²) < 4.78 is 17.9. The molecular weight excluding hydrogens is 257 g/mol. The van der Waals surface area contributed by atoms with Crippen LogP contribution in [0, 0.1) is 5.82 Å². The zero-order valence-corrected chi connectivity index (χ0v) is 11.3. The number of hydrogen-bond donors (Lipinski definition) is 0. The van der Waals surface area contributed by atoms with E-state index in [1.165, 1.54) is 19.2 Å². The summed E-state index contributed by atoms with van der Waals surface area (Å²) in [6.45, 7) is 3.47. The van der Waals surface area contributed by atoms with E-state index in [2.05, 4.69) is 4.74 Å². The molecule has 0 bridgehead atoms. The van der Waals surface area contributed by atoms with Crippen molar-refractivity contribution in [3.63, 3.8) is 0 Å². The van der Waals surface area contributed by atoms with Crippen LogP contribution in [-0.4, -0.2) is 31.1 Å². The number of nitrogens with zero attached hydrogens (tertiary/aromatic N) is 1. The molecule has 1 aromatic rings. The van der Waals surface area contributed by atoms with E-state index < -0.39 is 5.82 Å². The van der Waals surface area contributed by atoms with Crippen molar-refractivity contribution in [1.82, 2.24) is 4.90 Å². The van der Waals surface area contributed by atoms with Gasteiger partial charge in [-0.25, -0.2) is 4.39 Å². The Morgan fingerprint density at radius 2 is 2.22 bits per heavy atom. The van der Waals surface area contributed by atoms with E-state index in [0.29, 0.717) is 6.54 Å². The van der Waals surface area contributed by atoms with Crippen molar-refractivity contribution >= 4 is 17.6 Å². The molecule has 0 N–H and O–H groups in total. The number of benzene rings is 1. The minimum atomic E-state index is -0.441. The molecule has 0 aromatic heterocycles. The van der Waals surface area contributed by atoms with Crippen molar-refractivity contribution in [2.24, 2.45) is 0 Å². The molecule has 0 aliphatic rings. The highest BCUT2D eigenvalue weighted by Gasteiger charge is 2.11. The maximum absolute atomic E-state index is 13.3. The summed E-state index contributed by atoms with van der Waals surface area (Å²) in [5.41, 5.74) is 0.786. The number of methoxy groups -OCH3 is 1. The highest BCUT2D eigenvalue weighted by molar-refractivity contribution is 6.30. The van der Waals surface area contributed by atoms with Gasteiger partial charge < -0.3 is 4.74 Å². The summed E-state index contributed by atoms with van der Waals surface area (Å²) in [6.07, 6.45) is 0.910. The summed E-state index contributed by atoms with van der Waals surface area (Å²) in [5, 5.41) is 0.105. The third kappa shape index (κ3) is 4.63. The van der Waals surface area contributed by atoms with Crippen LogP contribution in [0.5, 0.6) is 0 Å². The summed E-state index contributed by atoms with van der Waals surface area (Å²) in [7, 11) is 1.36. The van der Waals surface area contributed by atoms with Gasteiger partial charge in [-0.2, -0.15) is 0 Å². The van der Waals surface area contributed by atoms with Crippen LogP contribution in [0.2, 0.25) is 5.02 Å². The lowest BCUT2D eigenvalue weighted by Crippen LogP contribution is -2.30. The molecule has 1 rings (SSSR count). The lowest BCUT2D eigenvalue weighted by molar-refractivity contribution is -0.142. The van der Waals surface area contributed by atoms with Gasteiger partial charge in [-0.15, -0.1) is 0 Å². The predicted molar refractivity (Wildman–Crippen MR) is 69.0 cm³/mol. The third-order valence-electron chi connectivity index (χ3n) is 2.51. The predicted octanol–water partition coefficient (Wildman–Crippen LogP) is 2.86. The molecule has 0 saturated carbocycles. The van der Waals surface area contributed by atoms with Gasteiger partial charge in [-0.1, -0.05) is 24.6 Å². The van der Waals surface area contributed by atoms with Gasteiger partial charge in [-0.05, 0) is 30.7 Å². The summed E-state index contributed by atoms with van der Waals surface area (Å²) in [6, 6.07) is 4.67. The monoisotopic (exact) mass is 273 g/mol. The first-order chi connectivity index (χ1) is 8.56. The lowest BCUT2D eigenvalue weighted by Gasteiger charge is -2.20. The molecule has 1 aromatic carbocycles. The van der Waals surface area contributed by atoms with Gasteiger partial charge in [0, 0.05) is 6.54 Å². The highest BCUT2D eigenvalue weighted by atomic mass is 35.5. The average molecular weight is 274 g/mol. The van der Waals surface area contributed by atoms with Gasteiger partial charge in [0.05, 0.1) is 18.7 Å². The molecule has 0 atom stereocenters. The molecule has 0 spiro atoms. The smallest absolute Gasteiger partial charge is 0.319 e. The van der Waals surface area contributed by atoms with Crippen LogP contribution in [-0.2, 0) is 16.1 Å². The van der Waals surface area contributed by atoms with Crippen LogP contribution < -0.4 is 0 Å². The summed E-state index contributed by atoms with van der Waals surface area (Å²) in [5.74, 6) is -0.735. The molecule has 18 heavy (non-hydrogen) atoms. The summed E-state index contributed by atoms with van der Waals surface area (Å²) in [4.78, 5) is 13.2. The van der Waals surface area contributed by atoms with Crippen molar-refractivity contribution in [1.29, 1.82) is 0 Å². The first-order valence-electron chi connectivity index (χ1n) is 5.80. The van der Waals surface area contributed by atoms with Gasteiger partial charge >= 0.3 is 5.97 Å². The molecule has 0 radical (unpaired) electrons. The molecule has 3 nitrogen and oxygen atoms in total. The van der Waals surface area contributed by atoms with Crippen molar-refractivity contribution in [2.75, 3.05) is 20.2 Å². The van der Waals surface area contributed by atoms with E-state index in [1.807, 2.05) is 11.8 Å². The minimum absolute atomic E-state index is 0.105. The van der Waals surface area contributed by atoms with E-state index in [-0.39, 0.29) is 17.5 Å². The second-order valence-corrected chi connectivity index (χ2v) is 4.44. The van der Waals surface area contributed by atoms with Gasteiger partial charge in [-0.3, -0.25) is 9.69 Å². The maximum atomic E-state index is 13.3. The molecule has 0 aliphatic heterocycles. The van der Waals surface area contributed by atoms with Crippen molar-refractivity contribution in [3.8, 4) is 0 Å². The van der Waals surface area contributed by atoms with Gasteiger partial charge in [0.25, 0.3) is 0 Å². The fourth-order valence-electron chi connectivity index (χ4n) is 1.67. The van der Waals surface area contributed by atoms with Gasteiger partial charge in [0.1, 0.15) is 5.82 Å². The van der Waals surface area contributed by atoms with Crippen LogP contribution in [0.25, 0.3) is 0 Å². The second-order valence-electron chi connectivity index (χ2n) is 4.04. The molecule has 0 amide bonds. The number of halogens is 2. The lowest BCUT2D eigenvalue weighted by atomic mass is 10.2. The van der Waals surface area contributed by atoms with Crippen LogP contribution in [0.3, 0.4) is 0 Å². The van der Waals surface area contributed by atoms with E-state index >= 15 is 0 Å². The van der Waals surface area contributed by atoms with Gasteiger partial charge in [0.15, 0.2) is 0 Å². The van der Waals surface area contributed by atoms with Crippen LogP contribution in [0.1, 0.15) is 18.9 Å². The van der Waals surface area contributed by atoms with Crippen molar-refractivity contribution in [3.05, 3.63) is 34.6 Å². The number of rotatable bonds is 6. The number of hydrogen-bond acceptors (Lipinski definition) is 3. The first kappa shape index (κ1) is 14.9. The Morgan fingerprint density at radius 1 is 1.50 bits per heavy atom.